The van der Waals surface area contributed by atoms with Gasteiger partial charge in [0.25, 0.3) is 0 Å². The van der Waals surface area contributed by atoms with Gasteiger partial charge in [0, 0.05) is 37.1 Å². The Hall–Kier alpha value is -3.90. The molecule has 170 valence electrons. The third kappa shape index (κ3) is 3.66. The number of benzene rings is 3. The minimum atomic E-state index is 0.246. The summed E-state index contributed by atoms with van der Waals surface area (Å²) in [4.78, 5) is 17.8. The molecule has 34 heavy (non-hydrogen) atoms. The fourth-order valence-corrected chi connectivity index (χ4v) is 5.10. The summed E-state index contributed by atoms with van der Waals surface area (Å²) in [7, 11) is 1.69. The third-order valence-electron chi connectivity index (χ3n) is 6.78. The van der Waals surface area contributed by atoms with Crippen molar-refractivity contribution in [1.82, 2.24) is 19.9 Å². The number of fused-ring (bicyclic) bond motifs is 3. The lowest BCUT2D eigenvalue weighted by Gasteiger charge is -2.40. The highest BCUT2D eigenvalue weighted by molar-refractivity contribution is 6.08. The maximum atomic E-state index is 5.42. The zero-order chi connectivity index (χ0) is 22.9. The van der Waals surface area contributed by atoms with Crippen LogP contribution in [0.3, 0.4) is 0 Å². The molecule has 0 spiro atoms. The predicted molar refractivity (Wildman–Crippen MR) is 136 cm³/mol. The number of anilines is 1. The number of nitrogens with zero attached hydrogens (tertiary/aromatic N) is 4. The van der Waals surface area contributed by atoms with E-state index >= 15 is 0 Å². The monoisotopic (exact) mass is 449 g/mol. The maximum Gasteiger partial charge on any atom is 0.156 e. The van der Waals surface area contributed by atoms with Gasteiger partial charge in [0.2, 0.25) is 0 Å². The summed E-state index contributed by atoms with van der Waals surface area (Å²) in [5.41, 5.74) is 5.63. The van der Waals surface area contributed by atoms with E-state index in [9.17, 15) is 0 Å². The van der Waals surface area contributed by atoms with Gasteiger partial charge in [-0.15, -0.1) is 0 Å². The standard InChI is InChI=1S/C28H27N5O/c1-34-22-12-13-24-23(18-22)25-26(31-24)28(30-19-29-25)33-16-14-32(15-17-33)27(20-8-4-2-5-9-20)21-10-6-3-7-11-21/h2-13,18-19,27,31H,14-17H2,1H3. The van der Waals surface area contributed by atoms with Crippen molar-refractivity contribution in [3.63, 3.8) is 0 Å². The number of H-pyrrole nitrogens is 1. The fraction of sp³-hybridized carbons (Fsp3) is 0.214. The Morgan fingerprint density at radius 2 is 1.50 bits per heavy atom. The van der Waals surface area contributed by atoms with Crippen molar-refractivity contribution in [3.8, 4) is 5.75 Å². The van der Waals surface area contributed by atoms with Crippen LogP contribution in [0.4, 0.5) is 5.82 Å². The zero-order valence-electron chi connectivity index (χ0n) is 19.2. The first-order valence-corrected chi connectivity index (χ1v) is 11.7. The maximum absolute atomic E-state index is 5.42. The van der Waals surface area contributed by atoms with E-state index in [2.05, 4.69) is 85.4 Å². The topological polar surface area (TPSA) is 57.3 Å². The molecule has 0 saturated carbocycles. The Bertz CT molecular complexity index is 1370. The number of rotatable bonds is 5. The number of aromatic nitrogens is 3. The van der Waals surface area contributed by atoms with Gasteiger partial charge < -0.3 is 14.6 Å². The van der Waals surface area contributed by atoms with E-state index in [-0.39, 0.29) is 6.04 Å². The molecule has 0 amide bonds. The molecule has 0 atom stereocenters. The summed E-state index contributed by atoms with van der Waals surface area (Å²) < 4.78 is 5.42. The molecule has 0 bridgehead atoms. The number of hydrogen-bond donors (Lipinski definition) is 1. The van der Waals surface area contributed by atoms with Crippen LogP contribution in [0.5, 0.6) is 5.75 Å². The van der Waals surface area contributed by atoms with Crippen LogP contribution in [-0.4, -0.2) is 53.1 Å². The van der Waals surface area contributed by atoms with Crippen molar-refractivity contribution in [1.29, 1.82) is 0 Å². The number of aromatic amines is 1. The molecule has 5 aromatic rings. The van der Waals surface area contributed by atoms with E-state index in [1.54, 1.807) is 13.4 Å². The Morgan fingerprint density at radius 3 is 2.15 bits per heavy atom. The van der Waals surface area contributed by atoms with Crippen LogP contribution < -0.4 is 9.64 Å². The molecule has 1 fully saturated rings. The van der Waals surface area contributed by atoms with E-state index in [0.717, 1.165) is 59.7 Å². The van der Waals surface area contributed by atoms with Crippen LogP contribution in [0.1, 0.15) is 17.2 Å². The van der Waals surface area contributed by atoms with E-state index in [0.29, 0.717) is 0 Å². The van der Waals surface area contributed by atoms with Gasteiger partial charge in [-0.3, -0.25) is 4.90 Å². The first-order chi connectivity index (χ1) is 16.8. The van der Waals surface area contributed by atoms with E-state index in [1.807, 2.05) is 18.2 Å². The molecule has 3 aromatic carbocycles. The summed E-state index contributed by atoms with van der Waals surface area (Å²) in [6.45, 7) is 3.71. The highest BCUT2D eigenvalue weighted by Crippen LogP contribution is 2.33. The minimum Gasteiger partial charge on any atom is -0.497 e. The summed E-state index contributed by atoms with van der Waals surface area (Å²) in [6, 6.07) is 27.9. The second kappa shape index (κ2) is 8.80. The van der Waals surface area contributed by atoms with Gasteiger partial charge in [0.05, 0.1) is 13.2 Å². The number of methoxy groups -OCH3 is 1. The molecular weight excluding hydrogens is 422 g/mol. The largest absolute Gasteiger partial charge is 0.497 e. The van der Waals surface area contributed by atoms with Gasteiger partial charge in [0.15, 0.2) is 5.82 Å². The first-order valence-electron chi connectivity index (χ1n) is 11.7. The molecule has 0 radical (unpaired) electrons. The zero-order valence-corrected chi connectivity index (χ0v) is 19.2. The number of hydrogen-bond acceptors (Lipinski definition) is 5. The lowest BCUT2D eigenvalue weighted by Crippen LogP contribution is -2.48. The van der Waals surface area contributed by atoms with Crippen LogP contribution in [0.25, 0.3) is 21.9 Å². The van der Waals surface area contributed by atoms with E-state index in [1.165, 1.54) is 11.1 Å². The first kappa shape index (κ1) is 20.7. The summed E-state index contributed by atoms with van der Waals surface area (Å²) >= 11 is 0. The normalized spacial score (nSPS) is 14.8. The van der Waals surface area contributed by atoms with Gasteiger partial charge in [-0.05, 0) is 29.3 Å². The number of nitrogens with one attached hydrogen (secondary N) is 1. The molecule has 1 aliphatic rings. The average Bonchev–Trinajstić information content (AvgIpc) is 3.29. The molecule has 1 aliphatic heterocycles. The second-order valence-electron chi connectivity index (χ2n) is 8.70. The van der Waals surface area contributed by atoms with Crippen LogP contribution >= 0.6 is 0 Å². The summed E-state index contributed by atoms with van der Waals surface area (Å²) in [6.07, 6.45) is 1.67. The third-order valence-corrected chi connectivity index (χ3v) is 6.78. The molecule has 1 saturated heterocycles. The Kier molecular flexibility index (Phi) is 5.35. The molecule has 0 aliphatic carbocycles. The van der Waals surface area contributed by atoms with Crippen molar-refractivity contribution >= 4 is 27.8 Å². The van der Waals surface area contributed by atoms with Gasteiger partial charge in [-0.1, -0.05) is 60.7 Å². The molecule has 3 heterocycles. The quantitative estimate of drug-likeness (QED) is 0.408. The van der Waals surface area contributed by atoms with Crippen molar-refractivity contribution in [2.75, 3.05) is 38.2 Å². The van der Waals surface area contributed by atoms with Gasteiger partial charge in [-0.25, -0.2) is 9.97 Å². The Balaban J connectivity index is 1.30. The second-order valence-corrected chi connectivity index (χ2v) is 8.70. The molecule has 0 unspecified atom stereocenters. The van der Waals surface area contributed by atoms with Crippen LogP contribution in [0.2, 0.25) is 0 Å². The van der Waals surface area contributed by atoms with Gasteiger partial charge in [-0.2, -0.15) is 0 Å². The molecule has 6 heteroatoms. The molecule has 6 rings (SSSR count). The fourth-order valence-electron chi connectivity index (χ4n) is 5.10. The van der Waals surface area contributed by atoms with Crippen molar-refractivity contribution < 1.29 is 4.74 Å². The molecule has 1 N–H and O–H groups in total. The highest BCUT2D eigenvalue weighted by Gasteiger charge is 2.28. The van der Waals surface area contributed by atoms with Gasteiger partial charge >= 0.3 is 0 Å². The number of ether oxygens (including phenoxy) is 1. The van der Waals surface area contributed by atoms with Crippen LogP contribution in [0.15, 0.2) is 85.2 Å². The molecule has 6 nitrogen and oxygen atoms in total. The van der Waals surface area contributed by atoms with E-state index < -0.39 is 0 Å². The molecule has 2 aromatic heterocycles. The number of piperazine rings is 1. The highest BCUT2D eigenvalue weighted by atomic mass is 16.5. The SMILES string of the molecule is COc1ccc2[nH]c3c(N4CCN(C(c5ccccc5)c5ccccc5)CC4)ncnc3c2c1. The molecular formula is C28H27N5O. The van der Waals surface area contributed by atoms with Crippen molar-refractivity contribution in [2.24, 2.45) is 0 Å². The lowest BCUT2D eigenvalue weighted by atomic mass is 9.96. The Labute approximate surface area is 198 Å². The smallest absolute Gasteiger partial charge is 0.156 e. The minimum absolute atomic E-state index is 0.246. The van der Waals surface area contributed by atoms with E-state index in [4.69, 9.17) is 4.74 Å². The lowest BCUT2D eigenvalue weighted by molar-refractivity contribution is 0.212. The van der Waals surface area contributed by atoms with Crippen LogP contribution in [0, 0.1) is 0 Å². The predicted octanol–water partition coefficient (Wildman–Crippen LogP) is 5.03. The van der Waals surface area contributed by atoms with Gasteiger partial charge in [0.1, 0.15) is 23.1 Å². The van der Waals surface area contributed by atoms with Crippen LogP contribution in [-0.2, 0) is 0 Å². The van der Waals surface area contributed by atoms with Crippen molar-refractivity contribution in [3.05, 3.63) is 96.3 Å². The summed E-state index contributed by atoms with van der Waals surface area (Å²) in [5.74, 6) is 1.80. The average molecular weight is 450 g/mol. The Morgan fingerprint density at radius 1 is 0.824 bits per heavy atom. The van der Waals surface area contributed by atoms with Crippen molar-refractivity contribution in [2.45, 2.75) is 6.04 Å². The summed E-state index contributed by atoms with van der Waals surface area (Å²) in [5, 5.41) is 1.06.